The number of nitrogens with zero attached hydrogens (tertiary/aromatic N) is 2. The molecule has 1 N–H and O–H groups in total. The summed E-state index contributed by atoms with van der Waals surface area (Å²) in [5.74, 6) is 0.852. The van der Waals surface area contributed by atoms with E-state index in [0.717, 1.165) is 43.7 Å². The van der Waals surface area contributed by atoms with Crippen molar-refractivity contribution in [2.75, 3.05) is 39.9 Å². The van der Waals surface area contributed by atoms with Crippen molar-refractivity contribution in [1.82, 2.24) is 9.80 Å². The molecule has 25 heavy (non-hydrogen) atoms. The highest BCUT2D eigenvalue weighted by Crippen LogP contribution is 2.25. The van der Waals surface area contributed by atoms with Crippen LogP contribution in [0.5, 0.6) is 5.75 Å². The minimum absolute atomic E-state index is 0.0418. The molecule has 1 amide bonds. The standard InChI is InChI=1S/C19H28N2O4/c1-24-16-7-5-15(6-8-16)13-25-14-19(23)21-11-9-20(10-12-21)17-3-2-4-18(17)22/h5-8,17-18,22H,2-4,9-14H2,1H3/t17-,18-/m1/s1. The first-order valence-electron chi connectivity index (χ1n) is 9.08. The number of ether oxygens (including phenoxy) is 2. The molecule has 6 heteroatoms. The molecule has 1 aliphatic carbocycles. The van der Waals surface area contributed by atoms with Gasteiger partial charge in [0, 0.05) is 32.2 Å². The van der Waals surface area contributed by atoms with E-state index in [1.807, 2.05) is 29.2 Å². The van der Waals surface area contributed by atoms with Crippen molar-refractivity contribution >= 4 is 5.91 Å². The van der Waals surface area contributed by atoms with E-state index in [9.17, 15) is 9.90 Å². The Morgan fingerprint density at radius 3 is 2.48 bits per heavy atom. The molecule has 0 bridgehead atoms. The van der Waals surface area contributed by atoms with Crippen molar-refractivity contribution in [3.63, 3.8) is 0 Å². The van der Waals surface area contributed by atoms with Gasteiger partial charge in [-0.3, -0.25) is 9.69 Å². The van der Waals surface area contributed by atoms with Gasteiger partial charge in [0.15, 0.2) is 0 Å². The van der Waals surface area contributed by atoms with Crippen molar-refractivity contribution in [1.29, 1.82) is 0 Å². The lowest BCUT2D eigenvalue weighted by Gasteiger charge is -2.39. The van der Waals surface area contributed by atoms with Crippen LogP contribution in [0.15, 0.2) is 24.3 Å². The third-order valence-corrected chi connectivity index (χ3v) is 5.23. The van der Waals surface area contributed by atoms with Gasteiger partial charge in [0.1, 0.15) is 12.4 Å². The SMILES string of the molecule is COc1ccc(COCC(=O)N2CCN([C@@H]3CCC[C@H]3O)CC2)cc1. The maximum atomic E-state index is 12.3. The second-order valence-electron chi connectivity index (χ2n) is 6.82. The maximum Gasteiger partial charge on any atom is 0.248 e. The maximum absolute atomic E-state index is 12.3. The third-order valence-electron chi connectivity index (χ3n) is 5.23. The molecule has 1 aromatic carbocycles. The average molecular weight is 348 g/mol. The highest BCUT2D eigenvalue weighted by Gasteiger charge is 2.33. The molecular weight excluding hydrogens is 320 g/mol. The molecule has 3 rings (SSSR count). The van der Waals surface area contributed by atoms with E-state index in [-0.39, 0.29) is 24.7 Å². The van der Waals surface area contributed by atoms with Gasteiger partial charge in [-0.25, -0.2) is 0 Å². The van der Waals surface area contributed by atoms with Crippen LogP contribution in [-0.4, -0.2) is 72.9 Å². The van der Waals surface area contributed by atoms with E-state index in [2.05, 4.69) is 4.90 Å². The van der Waals surface area contributed by atoms with E-state index < -0.39 is 0 Å². The van der Waals surface area contributed by atoms with Gasteiger partial charge < -0.3 is 19.5 Å². The van der Waals surface area contributed by atoms with Gasteiger partial charge in [-0.15, -0.1) is 0 Å². The largest absolute Gasteiger partial charge is 0.497 e. The lowest BCUT2D eigenvalue weighted by molar-refractivity contribution is -0.138. The van der Waals surface area contributed by atoms with Crippen LogP contribution < -0.4 is 4.74 Å². The number of carbonyl (C=O) groups is 1. The van der Waals surface area contributed by atoms with Crippen LogP contribution in [0.3, 0.4) is 0 Å². The van der Waals surface area contributed by atoms with Crippen LogP contribution in [0, 0.1) is 0 Å². The summed E-state index contributed by atoms with van der Waals surface area (Å²) in [7, 11) is 1.64. The molecule has 0 radical (unpaired) electrons. The number of aliphatic hydroxyl groups excluding tert-OH is 1. The fourth-order valence-electron chi connectivity index (χ4n) is 3.72. The zero-order chi connectivity index (χ0) is 17.6. The number of rotatable bonds is 6. The molecule has 2 fully saturated rings. The van der Waals surface area contributed by atoms with Crippen LogP contribution in [0.2, 0.25) is 0 Å². The minimum Gasteiger partial charge on any atom is -0.497 e. The molecule has 1 aliphatic heterocycles. The molecule has 0 spiro atoms. The molecule has 1 saturated carbocycles. The lowest BCUT2D eigenvalue weighted by Crippen LogP contribution is -2.54. The van der Waals surface area contributed by atoms with E-state index in [1.165, 1.54) is 0 Å². The first kappa shape index (κ1) is 18.2. The van der Waals surface area contributed by atoms with Gasteiger partial charge >= 0.3 is 0 Å². The topological polar surface area (TPSA) is 62.2 Å². The summed E-state index contributed by atoms with van der Waals surface area (Å²) in [6.07, 6.45) is 2.88. The summed E-state index contributed by atoms with van der Waals surface area (Å²) in [4.78, 5) is 16.5. The Bertz CT molecular complexity index is 555. The summed E-state index contributed by atoms with van der Waals surface area (Å²) in [6.45, 7) is 3.64. The fraction of sp³-hybridized carbons (Fsp3) is 0.632. The number of aliphatic hydroxyl groups is 1. The van der Waals surface area contributed by atoms with Crippen molar-refractivity contribution in [2.24, 2.45) is 0 Å². The van der Waals surface area contributed by atoms with Crippen LogP contribution in [-0.2, 0) is 16.1 Å². The number of benzene rings is 1. The van der Waals surface area contributed by atoms with E-state index >= 15 is 0 Å². The average Bonchev–Trinajstić information content (AvgIpc) is 3.08. The Labute approximate surface area is 149 Å². The fourth-order valence-corrected chi connectivity index (χ4v) is 3.72. The number of piperazine rings is 1. The van der Waals surface area contributed by atoms with E-state index in [0.29, 0.717) is 19.7 Å². The molecule has 0 unspecified atom stereocenters. The zero-order valence-electron chi connectivity index (χ0n) is 14.9. The Balaban J connectivity index is 1.37. The van der Waals surface area contributed by atoms with Crippen LogP contribution in [0.25, 0.3) is 0 Å². The molecular formula is C19H28N2O4. The Hall–Kier alpha value is -1.63. The number of amides is 1. The van der Waals surface area contributed by atoms with Gasteiger partial charge in [0.2, 0.25) is 5.91 Å². The van der Waals surface area contributed by atoms with Crippen LogP contribution in [0.4, 0.5) is 0 Å². The Morgan fingerprint density at radius 2 is 1.88 bits per heavy atom. The van der Waals surface area contributed by atoms with Gasteiger partial charge in [0.25, 0.3) is 0 Å². The predicted octanol–water partition coefficient (Wildman–Crippen LogP) is 1.27. The highest BCUT2D eigenvalue weighted by atomic mass is 16.5. The zero-order valence-corrected chi connectivity index (χ0v) is 14.9. The van der Waals surface area contributed by atoms with E-state index in [1.54, 1.807) is 7.11 Å². The molecule has 1 aromatic rings. The summed E-state index contributed by atoms with van der Waals surface area (Å²) >= 11 is 0. The second kappa shape index (κ2) is 8.65. The number of hydrogen-bond donors (Lipinski definition) is 1. The second-order valence-corrected chi connectivity index (χ2v) is 6.82. The van der Waals surface area contributed by atoms with Crippen molar-refractivity contribution in [2.45, 2.75) is 38.0 Å². The van der Waals surface area contributed by atoms with E-state index in [4.69, 9.17) is 9.47 Å². The monoisotopic (exact) mass is 348 g/mol. The lowest BCUT2D eigenvalue weighted by atomic mass is 10.1. The third kappa shape index (κ3) is 4.71. The number of hydrogen-bond acceptors (Lipinski definition) is 5. The molecule has 1 heterocycles. The molecule has 0 aromatic heterocycles. The Morgan fingerprint density at radius 1 is 1.16 bits per heavy atom. The van der Waals surface area contributed by atoms with Crippen molar-refractivity contribution < 1.29 is 19.4 Å². The van der Waals surface area contributed by atoms with Gasteiger partial charge in [-0.2, -0.15) is 0 Å². The summed E-state index contributed by atoms with van der Waals surface area (Å²) in [6, 6.07) is 7.93. The van der Waals surface area contributed by atoms with Crippen LogP contribution >= 0.6 is 0 Å². The quantitative estimate of drug-likeness (QED) is 0.839. The summed E-state index contributed by atoms with van der Waals surface area (Å²) in [5, 5.41) is 10.0. The normalized spacial score (nSPS) is 24.5. The molecule has 2 atom stereocenters. The molecule has 6 nitrogen and oxygen atoms in total. The van der Waals surface area contributed by atoms with Crippen LogP contribution in [0.1, 0.15) is 24.8 Å². The summed E-state index contributed by atoms with van der Waals surface area (Å²) in [5.41, 5.74) is 1.02. The first-order chi connectivity index (χ1) is 12.2. The number of methoxy groups -OCH3 is 1. The number of carbonyl (C=O) groups excluding carboxylic acids is 1. The van der Waals surface area contributed by atoms with Crippen molar-refractivity contribution in [3.8, 4) is 5.75 Å². The van der Waals surface area contributed by atoms with Gasteiger partial charge in [0.05, 0.1) is 19.8 Å². The smallest absolute Gasteiger partial charge is 0.248 e. The molecule has 138 valence electrons. The Kier molecular flexibility index (Phi) is 6.29. The highest BCUT2D eigenvalue weighted by molar-refractivity contribution is 5.77. The van der Waals surface area contributed by atoms with Gasteiger partial charge in [-0.05, 0) is 37.0 Å². The molecule has 2 aliphatic rings. The minimum atomic E-state index is -0.199. The first-order valence-corrected chi connectivity index (χ1v) is 9.08. The summed E-state index contributed by atoms with van der Waals surface area (Å²) < 4.78 is 10.7. The predicted molar refractivity (Wildman–Crippen MR) is 94.4 cm³/mol. The van der Waals surface area contributed by atoms with Gasteiger partial charge in [-0.1, -0.05) is 12.1 Å². The van der Waals surface area contributed by atoms with Crippen molar-refractivity contribution in [3.05, 3.63) is 29.8 Å². The molecule has 1 saturated heterocycles.